The van der Waals surface area contributed by atoms with Gasteiger partial charge in [-0.2, -0.15) is 0 Å². The molecular formula is C43H49HfN3O. The van der Waals surface area contributed by atoms with E-state index >= 15 is 0 Å². The third kappa shape index (κ3) is 7.68. The molecule has 1 heterocycles. The van der Waals surface area contributed by atoms with Gasteiger partial charge < -0.3 is 0 Å². The SMILES string of the molecule is COc1ccccc1N1C(=[N][Hf]([CH2]c2ccccc2)([CH2]c2ccccc2)[CH2]c2ccccc2)NCC1c1c(C(C)C)cccc1C(C)C. The van der Waals surface area contributed by atoms with Crippen LogP contribution in [0.5, 0.6) is 5.75 Å². The maximum absolute atomic E-state index is 6.15. The molecule has 1 aliphatic rings. The number of nitrogens with one attached hydrogen (secondary N) is 1. The van der Waals surface area contributed by atoms with Crippen LogP contribution in [0.3, 0.4) is 0 Å². The summed E-state index contributed by atoms with van der Waals surface area (Å²) in [5.41, 5.74) is 9.42. The fourth-order valence-electron chi connectivity index (χ4n) is 7.40. The van der Waals surface area contributed by atoms with Gasteiger partial charge in [0.2, 0.25) is 0 Å². The standard InChI is InChI=1S/C22H28N3O.3C7H7.Hf/c1-14(2)16-9-8-10-17(15(3)4)21(16)19-13-24-22(23)25(19)18-11-6-7-12-20(18)26-5;3*1-7-5-3-2-4-6-7;/h6-12,14-15,19H,13H2,1-5H3,(H-,23,24);3*2-6H,1H2;/q-1;;;;+1. The second kappa shape index (κ2) is 15.5. The normalized spacial score (nSPS) is 15.7. The predicted octanol–water partition coefficient (Wildman–Crippen LogP) is 10.1. The van der Waals surface area contributed by atoms with Crippen molar-refractivity contribution in [3.63, 3.8) is 0 Å². The van der Waals surface area contributed by atoms with Crippen molar-refractivity contribution in [2.75, 3.05) is 18.6 Å². The Morgan fingerprint density at radius 2 is 1.10 bits per heavy atom. The minimum absolute atomic E-state index is 0.0762. The van der Waals surface area contributed by atoms with E-state index in [9.17, 15) is 0 Å². The predicted molar refractivity (Wildman–Crippen MR) is 199 cm³/mol. The number of hydrogen-bond donors (Lipinski definition) is 1. The second-order valence-electron chi connectivity index (χ2n) is 13.7. The summed E-state index contributed by atoms with van der Waals surface area (Å²) in [5.74, 6) is 2.64. The van der Waals surface area contributed by atoms with Crippen LogP contribution in [0.4, 0.5) is 5.69 Å². The number of anilines is 1. The van der Waals surface area contributed by atoms with Crippen molar-refractivity contribution in [3.05, 3.63) is 167 Å². The molecule has 6 rings (SSSR count). The first-order valence-corrected chi connectivity index (χ1v) is 26.6. The molecule has 0 aromatic heterocycles. The molecule has 0 radical (unpaired) electrons. The van der Waals surface area contributed by atoms with Crippen LogP contribution < -0.4 is 15.0 Å². The average Bonchev–Trinajstić information content (AvgIpc) is 3.51. The van der Waals surface area contributed by atoms with E-state index in [2.05, 4.69) is 171 Å². The van der Waals surface area contributed by atoms with Crippen LogP contribution in [0.25, 0.3) is 0 Å². The van der Waals surface area contributed by atoms with Gasteiger partial charge in [0.25, 0.3) is 0 Å². The first-order valence-electron chi connectivity index (χ1n) is 17.4. The van der Waals surface area contributed by atoms with E-state index in [1.807, 2.05) is 0 Å². The zero-order valence-electron chi connectivity index (χ0n) is 29.1. The Labute approximate surface area is 292 Å². The summed E-state index contributed by atoms with van der Waals surface area (Å²) in [6, 6.07) is 48.6. The first-order chi connectivity index (χ1) is 23.4. The number of para-hydroxylation sites is 2. The number of rotatable bonds is 12. The summed E-state index contributed by atoms with van der Waals surface area (Å²) in [6.07, 6.45) is 0. The summed E-state index contributed by atoms with van der Waals surface area (Å²) < 4.78 is 15.3. The minimum atomic E-state index is -3.79. The van der Waals surface area contributed by atoms with E-state index in [4.69, 9.17) is 7.72 Å². The Balaban J connectivity index is 1.59. The molecule has 1 saturated heterocycles. The molecular weight excluding hydrogens is 753 g/mol. The number of methoxy groups -OCH3 is 1. The number of ether oxygens (including phenoxy) is 1. The molecule has 0 spiro atoms. The fraction of sp³-hybridized carbons (Fsp3) is 0.279. The molecule has 0 saturated carbocycles. The van der Waals surface area contributed by atoms with Crippen LogP contribution in [0, 0.1) is 0 Å². The van der Waals surface area contributed by atoms with Crippen LogP contribution >= 0.6 is 0 Å². The average molecular weight is 802 g/mol. The Morgan fingerprint density at radius 1 is 0.646 bits per heavy atom. The molecule has 0 bridgehead atoms. The van der Waals surface area contributed by atoms with Crippen LogP contribution in [0.15, 0.2) is 136 Å². The van der Waals surface area contributed by atoms with Crippen molar-refractivity contribution in [1.29, 1.82) is 0 Å². The molecule has 0 amide bonds. The van der Waals surface area contributed by atoms with Crippen molar-refractivity contribution < 1.29 is 25.0 Å². The number of nitrogens with zero attached hydrogens (tertiary/aromatic N) is 2. The Kier molecular flexibility index (Phi) is 11.0. The number of guanidine groups is 1. The van der Waals surface area contributed by atoms with Crippen molar-refractivity contribution in [2.24, 2.45) is 2.98 Å². The topological polar surface area (TPSA) is 36.9 Å². The van der Waals surface area contributed by atoms with Gasteiger partial charge in [-0.1, -0.05) is 0 Å². The molecule has 246 valence electrons. The van der Waals surface area contributed by atoms with E-state index < -0.39 is 20.3 Å². The molecule has 0 aliphatic carbocycles. The summed E-state index contributed by atoms with van der Waals surface area (Å²) in [7, 11) is 1.78. The maximum atomic E-state index is 6.15. The van der Waals surface area contributed by atoms with E-state index in [-0.39, 0.29) is 6.04 Å². The molecule has 4 nitrogen and oxygen atoms in total. The van der Waals surface area contributed by atoms with E-state index in [0.717, 1.165) is 36.5 Å². The molecule has 1 N–H and O–H groups in total. The Bertz CT molecular complexity index is 1680. The van der Waals surface area contributed by atoms with E-state index in [0.29, 0.717) is 11.8 Å². The van der Waals surface area contributed by atoms with Gasteiger partial charge in [0.15, 0.2) is 0 Å². The molecule has 1 unspecified atom stereocenters. The van der Waals surface area contributed by atoms with Gasteiger partial charge >= 0.3 is 294 Å². The molecule has 5 aromatic rings. The molecule has 1 aliphatic heterocycles. The van der Waals surface area contributed by atoms with Gasteiger partial charge in [-0.25, -0.2) is 0 Å². The quantitative estimate of drug-likeness (QED) is 0.128. The monoisotopic (exact) mass is 803 g/mol. The number of benzene rings is 5. The van der Waals surface area contributed by atoms with Gasteiger partial charge in [0, 0.05) is 0 Å². The molecule has 1 atom stereocenters. The fourth-order valence-corrected chi connectivity index (χ4v) is 22.6. The van der Waals surface area contributed by atoms with Gasteiger partial charge in [-0.15, -0.1) is 0 Å². The summed E-state index contributed by atoms with van der Waals surface area (Å²) in [5, 5.41) is 3.93. The summed E-state index contributed by atoms with van der Waals surface area (Å²) in [4.78, 5) is 2.49. The first kappa shape index (κ1) is 33.9. The van der Waals surface area contributed by atoms with Crippen LogP contribution in [0.1, 0.15) is 79.0 Å². The van der Waals surface area contributed by atoms with Crippen molar-refractivity contribution in [2.45, 2.75) is 58.1 Å². The molecule has 48 heavy (non-hydrogen) atoms. The van der Waals surface area contributed by atoms with Gasteiger partial charge in [-0.3, -0.25) is 0 Å². The van der Waals surface area contributed by atoms with Crippen LogP contribution in [-0.4, -0.2) is 19.6 Å². The third-order valence-electron chi connectivity index (χ3n) is 9.56. The molecule has 5 aromatic carbocycles. The van der Waals surface area contributed by atoms with Crippen molar-refractivity contribution in [1.82, 2.24) is 5.32 Å². The Hall–Kier alpha value is -3.96. The van der Waals surface area contributed by atoms with E-state index in [1.54, 1.807) is 7.11 Å². The Morgan fingerprint density at radius 3 is 1.56 bits per heavy atom. The van der Waals surface area contributed by atoms with Crippen molar-refractivity contribution >= 4 is 11.6 Å². The van der Waals surface area contributed by atoms with Crippen molar-refractivity contribution in [3.8, 4) is 5.75 Å². The van der Waals surface area contributed by atoms with Gasteiger partial charge in [0.05, 0.1) is 0 Å². The van der Waals surface area contributed by atoms with Gasteiger partial charge in [-0.05, 0) is 0 Å². The summed E-state index contributed by atoms with van der Waals surface area (Å²) in [6.45, 7) is 10.0. The van der Waals surface area contributed by atoms with Crippen LogP contribution in [-0.2, 0) is 32.8 Å². The third-order valence-corrected chi connectivity index (χ3v) is 23.5. The molecule has 1 fully saturated rings. The second-order valence-corrected chi connectivity index (χ2v) is 27.2. The van der Waals surface area contributed by atoms with E-state index in [1.165, 1.54) is 33.4 Å². The zero-order valence-corrected chi connectivity index (χ0v) is 32.7. The zero-order chi connectivity index (χ0) is 33.5. The summed E-state index contributed by atoms with van der Waals surface area (Å²) >= 11 is -3.79. The number of hydrogen-bond acceptors (Lipinski definition) is 2. The molecule has 5 heteroatoms. The van der Waals surface area contributed by atoms with Crippen LogP contribution in [0.2, 0.25) is 0 Å². The van der Waals surface area contributed by atoms with Gasteiger partial charge in [0.1, 0.15) is 0 Å².